The molecule has 4 nitrogen and oxygen atoms in total. The number of ether oxygens (including phenoxy) is 3. The fourth-order valence-electron chi connectivity index (χ4n) is 1.71. The summed E-state index contributed by atoms with van der Waals surface area (Å²) in [6.07, 6.45) is -0.357. The molecule has 0 aliphatic carbocycles. The Bertz CT molecular complexity index is 226. The second kappa shape index (κ2) is 2.78. The minimum atomic E-state index is -0.677. The first-order valence-corrected chi connectivity index (χ1v) is 4.35. The Morgan fingerprint density at radius 1 is 1.38 bits per heavy atom. The Morgan fingerprint density at radius 3 is 2.62 bits per heavy atom. The summed E-state index contributed by atoms with van der Waals surface area (Å²) in [6.45, 7) is 7.15. The first-order chi connectivity index (χ1) is 6.03. The average Bonchev–Trinajstić information content (AvgIpc) is 2.47. The zero-order chi connectivity index (χ0) is 9.64. The Balaban J connectivity index is 2.11. The summed E-state index contributed by atoms with van der Waals surface area (Å²) in [5.41, 5.74) is 0. The third-order valence-corrected chi connectivity index (χ3v) is 2.28. The molecule has 2 fully saturated rings. The smallest absolute Gasteiger partial charge is 0.190 e. The van der Waals surface area contributed by atoms with E-state index < -0.39 is 24.3 Å². The Hall–Kier alpha value is -0.420. The van der Waals surface area contributed by atoms with Crippen molar-refractivity contribution in [3.8, 4) is 0 Å². The molecule has 0 unspecified atom stereocenters. The molecule has 0 aromatic carbocycles. The predicted molar refractivity (Wildman–Crippen MR) is 44.9 cm³/mol. The van der Waals surface area contributed by atoms with E-state index in [-0.39, 0.29) is 6.10 Å². The van der Waals surface area contributed by atoms with Gasteiger partial charge in [0.05, 0.1) is 0 Å². The van der Waals surface area contributed by atoms with Crippen molar-refractivity contribution in [3.63, 3.8) is 0 Å². The minimum absolute atomic E-state index is 0.383. The van der Waals surface area contributed by atoms with Crippen molar-refractivity contribution in [2.75, 3.05) is 0 Å². The highest BCUT2D eigenvalue weighted by Crippen LogP contribution is 2.37. The highest BCUT2D eigenvalue weighted by molar-refractivity contribution is 4.99. The van der Waals surface area contributed by atoms with Gasteiger partial charge >= 0.3 is 0 Å². The van der Waals surface area contributed by atoms with Gasteiger partial charge in [-0.3, -0.25) is 0 Å². The topological polar surface area (TPSA) is 47.9 Å². The number of hydrogen-bond acceptors (Lipinski definition) is 4. The average molecular weight is 186 g/mol. The third kappa shape index (κ3) is 1.40. The molecule has 2 aliphatic heterocycles. The molecule has 0 saturated carbocycles. The Labute approximate surface area is 77.1 Å². The van der Waals surface area contributed by atoms with Crippen LogP contribution in [0.4, 0.5) is 0 Å². The molecule has 2 saturated heterocycles. The van der Waals surface area contributed by atoms with Crippen molar-refractivity contribution in [1.29, 1.82) is 0 Å². The summed E-state index contributed by atoms with van der Waals surface area (Å²) in [7, 11) is 0. The lowest BCUT2D eigenvalue weighted by Gasteiger charge is -2.21. The lowest BCUT2D eigenvalue weighted by atomic mass is 10.1. The number of aliphatic hydroxyl groups excluding tert-OH is 1. The summed E-state index contributed by atoms with van der Waals surface area (Å²) >= 11 is 0. The molecule has 0 amide bonds. The van der Waals surface area contributed by atoms with E-state index >= 15 is 0 Å². The van der Waals surface area contributed by atoms with Crippen molar-refractivity contribution in [1.82, 2.24) is 0 Å². The van der Waals surface area contributed by atoms with Gasteiger partial charge in [0.25, 0.3) is 0 Å². The van der Waals surface area contributed by atoms with Crippen molar-refractivity contribution in [2.45, 2.75) is 44.2 Å². The number of aliphatic hydroxyl groups is 1. The van der Waals surface area contributed by atoms with E-state index in [2.05, 4.69) is 6.58 Å². The van der Waals surface area contributed by atoms with Gasteiger partial charge in [-0.15, -0.1) is 6.58 Å². The van der Waals surface area contributed by atoms with E-state index in [1.165, 1.54) is 0 Å². The van der Waals surface area contributed by atoms with Crippen molar-refractivity contribution in [3.05, 3.63) is 12.7 Å². The van der Waals surface area contributed by atoms with Crippen LogP contribution in [-0.4, -0.2) is 35.5 Å². The number of hydrogen-bond donors (Lipinski definition) is 1. The van der Waals surface area contributed by atoms with Crippen LogP contribution in [-0.2, 0) is 14.2 Å². The number of fused-ring (bicyclic) bond motifs is 1. The van der Waals surface area contributed by atoms with E-state index in [1.54, 1.807) is 19.9 Å². The molecular weight excluding hydrogens is 172 g/mol. The van der Waals surface area contributed by atoms with Gasteiger partial charge < -0.3 is 19.3 Å². The van der Waals surface area contributed by atoms with Gasteiger partial charge in [0.2, 0.25) is 0 Å². The van der Waals surface area contributed by atoms with Gasteiger partial charge in [-0.05, 0) is 13.8 Å². The molecule has 13 heavy (non-hydrogen) atoms. The molecular formula is C9H14O4. The van der Waals surface area contributed by atoms with Gasteiger partial charge in [-0.2, -0.15) is 0 Å². The van der Waals surface area contributed by atoms with Crippen LogP contribution >= 0.6 is 0 Å². The van der Waals surface area contributed by atoms with E-state index in [1.807, 2.05) is 0 Å². The Kier molecular flexibility index (Phi) is 1.96. The van der Waals surface area contributed by atoms with Gasteiger partial charge in [0, 0.05) is 0 Å². The maximum absolute atomic E-state index is 9.69. The van der Waals surface area contributed by atoms with Gasteiger partial charge in [-0.1, -0.05) is 6.08 Å². The fourth-order valence-corrected chi connectivity index (χ4v) is 1.71. The van der Waals surface area contributed by atoms with Gasteiger partial charge in [-0.25, -0.2) is 0 Å². The lowest BCUT2D eigenvalue weighted by Crippen LogP contribution is -2.33. The summed E-state index contributed by atoms with van der Waals surface area (Å²) < 4.78 is 16.3. The lowest BCUT2D eigenvalue weighted by molar-refractivity contribution is -0.209. The van der Waals surface area contributed by atoms with Crippen LogP contribution in [0.15, 0.2) is 12.7 Å². The van der Waals surface area contributed by atoms with Crippen LogP contribution in [0.3, 0.4) is 0 Å². The molecule has 4 heteroatoms. The zero-order valence-electron chi connectivity index (χ0n) is 7.77. The monoisotopic (exact) mass is 186 g/mol. The van der Waals surface area contributed by atoms with Crippen LogP contribution in [0.25, 0.3) is 0 Å². The third-order valence-electron chi connectivity index (χ3n) is 2.28. The quantitative estimate of drug-likeness (QED) is 0.602. The van der Waals surface area contributed by atoms with Crippen LogP contribution < -0.4 is 0 Å². The maximum Gasteiger partial charge on any atom is 0.190 e. The molecule has 0 bridgehead atoms. The molecule has 2 aliphatic rings. The van der Waals surface area contributed by atoms with E-state index in [0.29, 0.717) is 0 Å². The van der Waals surface area contributed by atoms with Crippen LogP contribution in [0.5, 0.6) is 0 Å². The first kappa shape index (κ1) is 9.15. The molecule has 0 aromatic rings. The predicted octanol–water partition coefficient (Wildman–Crippen LogP) is 0.410. The molecule has 0 radical (unpaired) electrons. The Morgan fingerprint density at radius 2 is 2.08 bits per heavy atom. The van der Waals surface area contributed by atoms with Gasteiger partial charge in [0.1, 0.15) is 18.3 Å². The highest BCUT2D eigenvalue weighted by atomic mass is 16.8. The molecule has 2 rings (SSSR count). The number of rotatable bonds is 1. The summed E-state index contributed by atoms with van der Waals surface area (Å²) in [5, 5.41) is 9.69. The highest BCUT2D eigenvalue weighted by Gasteiger charge is 2.53. The molecule has 2 heterocycles. The molecule has 1 N–H and O–H groups in total. The van der Waals surface area contributed by atoms with Crippen molar-refractivity contribution < 1.29 is 19.3 Å². The zero-order valence-corrected chi connectivity index (χ0v) is 7.77. The fraction of sp³-hybridized carbons (Fsp3) is 0.778. The second-order valence-electron chi connectivity index (χ2n) is 3.80. The van der Waals surface area contributed by atoms with Crippen molar-refractivity contribution >= 4 is 0 Å². The van der Waals surface area contributed by atoms with Gasteiger partial charge in [0.15, 0.2) is 12.1 Å². The molecule has 0 spiro atoms. The van der Waals surface area contributed by atoms with Crippen molar-refractivity contribution in [2.24, 2.45) is 0 Å². The van der Waals surface area contributed by atoms with E-state index in [9.17, 15) is 5.11 Å². The largest absolute Gasteiger partial charge is 0.387 e. The second-order valence-corrected chi connectivity index (χ2v) is 3.80. The minimum Gasteiger partial charge on any atom is -0.387 e. The van der Waals surface area contributed by atoms with Crippen LogP contribution in [0, 0.1) is 0 Å². The van der Waals surface area contributed by atoms with Crippen LogP contribution in [0.2, 0.25) is 0 Å². The molecule has 74 valence electrons. The normalized spacial score (nSPS) is 47.6. The molecule has 0 aromatic heterocycles. The summed E-state index contributed by atoms with van der Waals surface area (Å²) in [6, 6.07) is 0. The SMILES string of the molecule is C=C[C@H]1O[C@H]2OC(C)(C)O[C@H]2[C@H]1O. The van der Waals surface area contributed by atoms with E-state index in [4.69, 9.17) is 14.2 Å². The first-order valence-electron chi connectivity index (χ1n) is 4.35. The van der Waals surface area contributed by atoms with E-state index in [0.717, 1.165) is 0 Å². The summed E-state index contributed by atoms with van der Waals surface area (Å²) in [5.74, 6) is -0.664. The van der Waals surface area contributed by atoms with Crippen LogP contribution in [0.1, 0.15) is 13.8 Å². The molecule has 4 atom stereocenters. The summed E-state index contributed by atoms with van der Waals surface area (Å²) in [4.78, 5) is 0. The maximum atomic E-state index is 9.69. The standard InChI is InChI=1S/C9H14O4/c1-4-5-6(10)7-8(11-5)13-9(2,3)12-7/h4-8,10H,1H2,2-3H3/t5-,6+,7+,8+/m1/s1.